The number of carbonyl (C=O) groups is 2. The van der Waals surface area contributed by atoms with Gasteiger partial charge >= 0.3 is 11.9 Å². The van der Waals surface area contributed by atoms with Crippen molar-refractivity contribution in [2.75, 3.05) is 6.61 Å². The molecule has 1 heterocycles. The molecule has 35 heavy (non-hydrogen) atoms. The first-order valence-corrected chi connectivity index (χ1v) is 12.1. The fraction of sp³-hybridized carbons (Fsp3) is 0.345. The van der Waals surface area contributed by atoms with E-state index in [4.69, 9.17) is 9.47 Å². The van der Waals surface area contributed by atoms with E-state index in [9.17, 15) is 9.59 Å². The van der Waals surface area contributed by atoms with Crippen LogP contribution >= 0.6 is 0 Å². The second-order valence-electron chi connectivity index (χ2n) is 8.86. The maximum Gasteiger partial charge on any atom is 0.323 e. The highest BCUT2D eigenvalue weighted by Crippen LogP contribution is 2.18. The average molecular weight is 475 g/mol. The zero-order valence-corrected chi connectivity index (χ0v) is 20.6. The zero-order valence-electron chi connectivity index (χ0n) is 20.6. The Morgan fingerprint density at radius 2 is 1.51 bits per heavy atom. The maximum absolute atomic E-state index is 13.0. The summed E-state index contributed by atoms with van der Waals surface area (Å²) in [6.07, 6.45) is 2.69. The third-order valence-electron chi connectivity index (χ3n) is 5.54. The van der Waals surface area contributed by atoms with E-state index in [2.05, 4.69) is 10.3 Å². The Balaban J connectivity index is 1.72. The third-order valence-corrected chi connectivity index (χ3v) is 5.54. The minimum absolute atomic E-state index is 0.189. The molecule has 3 rings (SSSR count). The number of carbonyl (C=O) groups excluding carboxylic acids is 2. The number of hydrogen-bond donors (Lipinski definition) is 1. The first-order chi connectivity index (χ1) is 17.0. The molecule has 2 atom stereocenters. The summed E-state index contributed by atoms with van der Waals surface area (Å²) < 4.78 is 10.9. The van der Waals surface area contributed by atoms with Gasteiger partial charge in [-0.1, -0.05) is 74.5 Å². The van der Waals surface area contributed by atoms with Gasteiger partial charge in [0.05, 0.1) is 12.3 Å². The fourth-order valence-corrected chi connectivity index (χ4v) is 3.81. The predicted molar refractivity (Wildman–Crippen MR) is 136 cm³/mol. The smallest absolute Gasteiger partial charge is 0.323 e. The van der Waals surface area contributed by atoms with Crippen molar-refractivity contribution in [3.8, 4) is 11.3 Å². The van der Waals surface area contributed by atoms with Gasteiger partial charge in [-0.15, -0.1) is 0 Å². The van der Waals surface area contributed by atoms with E-state index in [0.29, 0.717) is 12.8 Å². The lowest BCUT2D eigenvalue weighted by Gasteiger charge is -2.25. The van der Waals surface area contributed by atoms with Gasteiger partial charge in [-0.25, -0.2) is 0 Å². The van der Waals surface area contributed by atoms with E-state index in [0.717, 1.165) is 22.4 Å². The molecule has 3 aromatic rings. The van der Waals surface area contributed by atoms with Crippen LogP contribution in [0.25, 0.3) is 11.3 Å². The highest BCUT2D eigenvalue weighted by atomic mass is 16.5. The van der Waals surface area contributed by atoms with E-state index < -0.39 is 12.1 Å². The molecule has 0 fully saturated rings. The largest absolute Gasteiger partial charge is 0.465 e. The van der Waals surface area contributed by atoms with Crippen molar-refractivity contribution in [1.29, 1.82) is 0 Å². The number of ether oxygens (including phenoxy) is 2. The number of rotatable bonds is 12. The summed E-state index contributed by atoms with van der Waals surface area (Å²) in [4.78, 5) is 30.2. The second-order valence-corrected chi connectivity index (χ2v) is 8.86. The molecule has 1 aromatic heterocycles. The molecule has 6 nitrogen and oxygen atoms in total. The van der Waals surface area contributed by atoms with Gasteiger partial charge in [0.15, 0.2) is 0 Å². The first-order valence-electron chi connectivity index (χ1n) is 12.1. The Bertz CT molecular complexity index is 1050. The summed E-state index contributed by atoms with van der Waals surface area (Å²) in [5.74, 6) is -0.523. The Morgan fingerprint density at radius 3 is 2.14 bits per heavy atom. The Morgan fingerprint density at radius 1 is 0.829 bits per heavy atom. The van der Waals surface area contributed by atoms with Crippen LogP contribution in [0.4, 0.5) is 0 Å². The van der Waals surface area contributed by atoms with Crippen molar-refractivity contribution >= 4 is 11.9 Å². The molecule has 0 radical (unpaired) electrons. The van der Waals surface area contributed by atoms with Crippen LogP contribution in [0.1, 0.15) is 38.3 Å². The van der Waals surface area contributed by atoms with E-state index in [-0.39, 0.29) is 31.1 Å². The normalized spacial score (nSPS) is 12.7. The molecule has 6 heteroatoms. The molecule has 0 spiro atoms. The summed E-state index contributed by atoms with van der Waals surface area (Å²) in [5, 5.41) is 3.24. The monoisotopic (exact) mass is 474 g/mol. The Hall–Kier alpha value is -3.51. The molecule has 1 N–H and O–H groups in total. The summed E-state index contributed by atoms with van der Waals surface area (Å²) in [7, 11) is 0. The fourth-order valence-electron chi connectivity index (χ4n) is 3.81. The molecule has 0 unspecified atom stereocenters. The van der Waals surface area contributed by atoms with Gasteiger partial charge in [0.25, 0.3) is 0 Å². The topological polar surface area (TPSA) is 77.5 Å². The van der Waals surface area contributed by atoms with Crippen LogP contribution in [-0.2, 0) is 32.1 Å². The van der Waals surface area contributed by atoms with Crippen LogP contribution in [-0.4, -0.2) is 35.6 Å². The molecule has 0 saturated carbocycles. The molecule has 0 aliphatic carbocycles. The number of hydrogen-bond acceptors (Lipinski definition) is 6. The molecule has 0 amide bonds. The first kappa shape index (κ1) is 26.1. The van der Waals surface area contributed by atoms with Crippen LogP contribution in [0.15, 0.2) is 79.0 Å². The number of pyridine rings is 1. The highest BCUT2D eigenvalue weighted by molar-refractivity contribution is 5.80. The lowest BCUT2D eigenvalue weighted by molar-refractivity contribution is -0.150. The SMILES string of the molecule is CCOC(=O)[C@H](Cc1ccc(-c2ccccn2)cc1)N[C@@H](CC(C)C)C(=O)OCc1ccccc1. The molecular formula is C29H34N2O4. The van der Waals surface area contributed by atoms with Gasteiger partial charge in [-0.2, -0.15) is 0 Å². The van der Waals surface area contributed by atoms with Crippen molar-refractivity contribution in [1.82, 2.24) is 10.3 Å². The minimum atomic E-state index is -0.677. The van der Waals surface area contributed by atoms with Gasteiger partial charge in [0.2, 0.25) is 0 Å². The third kappa shape index (κ3) is 8.34. The molecule has 0 bridgehead atoms. The van der Waals surface area contributed by atoms with E-state index in [1.54, 1.807) is 13.1 Å². The van der Waals surface area contributed by atoms with E-state index >= 15 is 0 Å². The number of nitrogens with zero attached hydrogens (tertiary/aromatic N) is 1. The minimum Gasteiger partial charge on any atom is -0.465 e. The quantitative estimate of drug-likeness (QED) is 0.374. The standard InChI is InChI=1S/C29H34N2O4/c1-4-34-28(32)27(19-22-13-15-24(16-14-22)25-12-8-9-17-30-25)31-26(18-21(2)3)29(33)35-20-23-10-6-5-7-11-23/h5-17,21,26-27,31H,4,18-20H2,1-3H3/t26-,27-/m0/s1. The van der Waals surface area contributed by atoms with E-state index in [1.165, 1.54) is 0 Å². The summed E-state index contributed by atoms with van der Waals surface area (Å²) in [6, 6.07) is 22.0. The summed E-state index contributed by atoms with van der Waals surface area (Å²) in [6.45, 7) is 6.30. The van der Waals surface area contributed by atoms with Crippen LogP contribution in [0.3, 0.4) is 0 Å². The second kappa shape index (κ2) is 13.4. The van der Waals surface area contributed by atoms with E-state index in [1.807, 2.05) is 86.6 Å². The van der Waals surface area contributed by atoms with Gasteiger partial charge < -0.3 is 9.47 Å². The molecule has 0 aliphatic rings. The van der Waals surface area contributed by atoms with Gasteiger partial charge in [-0.3, -0.25) is 19.9 Å². The van der Waals surface area contributed by atoms with Gasteiger partial charge in [0, 0.05) is 11.8 Å². The molecule has 2 aromatic carbocycles. The molecule has 0 saturated heterocycles. The van der Waals surface area contributed by atoms with Crippen molar-refractivity contribution in [3.63, 3.8) is 0 Å². The average Bonchev–Trinajstić information content (AvgIpc) is 2.88. The van der Waals surface area contributed by atoms with Crippen LogP contribution in [0.5, 0.6) is 0 Å². The zero-order chi connectivity index (χ0) is 25.0. The summed E-state index contributed by atoms with van der Waals surface area (Å²) >= 11 is 0. The van der Waals surface area contributed by atoms with Crippen LogP contribution in [0, 0.1) is 5.92 Å². The Labute approximate surface area is 207 Å². The predicted octanol–water partition coefficient (Wildman–Crippen LogP) is 4.97. The number of benzene rings is 2. The van der Waals surface area contributed by atoms with Crippen LogP contribution < -0.4 is 5.32 Å². The van der Waals surface area contributed by atoms with Crippen molar-refractivity contribution in [3.05, 3.63) is 90.1 Å². The van der Waals surface area contributed by atoms with Crippen LogP contribution in [0.2, 0.25) is 0 Å². The lowest BCUT2D eigenvalue weighted by atomic mass is 9.99. The summed E-state index contributed by atoms with van der Waals surface area (Å²) in [5.41, 5.74) is 3.75. The van der Waals surface area contributed by atoms with Crippen molar-refractivity contribution in [2.45, 2.75) is 52.3 Å². The van der Waals surface area contributed by atoms with Gasteiger partial charge in [-0.05, 0) is 48.9 Å². The number of nitrogens with one attached hydrogen (secondary N) is 1. The van der Waals surface area contributed by atoms with Crippen molar-refractivity contribution < 1.29 is 19.1 Å². The van der Waals surface area contributed by atoms with Gasteiger partial charge in [0.1, 0.15) is 18.7 Å². The number of esters is 2. The molecule has 184 valence electrons. The molecular weight excluding hydrogens is 440 g/mol. The Kier molecular flexibility index (Phi) is 9.99. The maximum atomic E-state index is 13.0. The lowest BCUT2D eigenvalue weighted by Crippen LogP contribution is -2.50. The highest BCUT2D eigenvalue weighted by Gasteiger charge is 2.29. The molecule has 0 aliphatic heterocycles. The van der Waals surface area contributed by atoms with Crippen molar-refractivity contribution in [2.24, 2.45) is 5.92 Å². The number of aromatic nitrogens is 1.